The van der Waals surface area contributed by atoms with Crippen LogP contribution in [0.4, 0.5) is 0 Å². The predicted molar refractivity (Wildman–Crippen MR) is 92.8 cm³/mol. The van der Waals surface area contributed by atoms with Crippen LogP contribution in [-0.2, 0) is 0 Å². The van der Waals surface area contributed by atoms with Crippen molar-refractivity contribution in [3.63, 3.8) is 0 Å². The molecule has 0 radical (unpaired) electrons. The maximum absolute atomic E-state index is 12.2. The highest BCUT2D eigenvalue weighted by atomic mass is 16.5. The summed E-state index contributed by atoms with van der Waals surface area (Å²) in [5.41, 5.74) is 5.03. The molecule has 2 heteroatoms. The minimum absolute atomic E-state index is 0.340. The maximum Gasteiger partial charge on any atom is 0.343 e. The molecule has 0 N–H and O–H groups in total. The van der Waals surface area contributed by atoms with Gasteiger partial charge in [-0.3, -0.25) is 0 Å². The van der Waals surface area contributed by atoms with Gasteiger partial charge in [-0.25, -0.2) is 4.79 Å². The van der Waals surface area contributed by atoms with E-state index in [0.717, 1.165) is 16.7 Å². The third kappa shape index (κ3) is 3.49. The highest BCUT2D eigenvalue weighted by Crippen LogP contribution is 2.21. The first-order chi connectivity index (χ1) is 11.1. The van der Waals surface area contributed by atoms with Crippen molar-refractivity contribution in [2.75, 3.05) is 0 Å². The molecule has 0 unspecified atom stereocenters. The number of benzene rings is 3. The molecule has 0 aliphatic rings. The number of hydrogen-bond acceptors (Lipinski definition) is 2. The van der Waals surface area contributed by atoms with Crippen LogP contribution in [-0.4, -0.2) is 5.97 Å². The number of carbonyl (C=O) groups excluding carboxylic acids is 1. The Hall–Kier alpha value is -2.87. The number of ether oxygens (including phenoxy) is 1. The summed E-state index contributed by atoms with van der Waals surface area (Å²) in [6, 6.07) is 23.2. The second-order valence-electron chi connectivity index (χ2n) is 5.58. The molecule has 0 saturated carbocycles. The Kier molecular flexibility index (Phi) is 4.24. The summed E-state index contributed by atoms with van der Waals surface area (Å²) in [5, 5.41) is 0. The second-order valence-corrected chi connectivity index (χ2v) is 5.58. The van der Waals surface area contributed by atoms with E-state index < -0.39 is 0 Å². The number of esters is 1. The van der Waals surface area contributed by atoms with Crippen molar-refractivity contribution in [1.29, 1.82) is 0 Å². The van der Waals surface area contributed by atoms with Crippen LogP contribution < -0.4 is 4.74 Å². The van der Waals surface area contributed by atoms with Gasteiger partial charge in [0, 0.05) is 0 Å². The average Bonchev–Trinajstić information content (AvgIpc) is 2.59. The molecule has 0 fully saturated rings. The van der Waals surface area contributed by atoms with Crippen LogP contribution >= 0.6 is 0 Å². The fourth-order valence-electron chi connectivity index (χ4n) is 2.37. The van der Waals surface area contributed by atoms with Gasteiger partial charge < -0.3 is 4.74 Å². The quantitative estimate of drug-likeness (QED) is 0.491. The van der Waals surface area contributed by atoms with E-state index in [2.05, 4.69) is 0 Å². The van der Waals surface area contributed by atoms with E-state index in [-0.39, 0.29) is 5.97 Å². The zero-order chi connectivity index (χ0) is 16.2. The summed E-state index contributed by atoms with van der Waals surface area (Å²) in [7, 11) is 0. The minimum atomic E-state index is -0.340. The summed E-state index contributed by atoms with van der Waals surface area (Å²) < 4.78 is 5.44. The van der Waals surface area contributed by atoms with Gasteiger partial charge in [-0.15, -0.1) is 0 Å². The molecule has 0 aliphatic heterocycles. The summed E-state index contributed by atoms with van der Waals surface area (Å²) in [4.78, 5) is 12.2. The number of rotatable bonds is 3. The molecule has 0 saturated heterocycles. The molecule has 3 rings (SSSR count). The first-order valence-electron chi connectivity index (χ1n) is 7.58. The van der Waals surface area contributed by atoms with Gasteiger partial charge in [0.1, 0.15) is 5.75 Å². The fraction of sp³-hybridized carbons (Fsp3) is 0.0952. The Morgan fingerprint density at radius 2 is 1.39 bits per heavy atom. The van der Waals surface area contributed by atoms with Crippen molar-refractivity contribution in [3.05, 3.63) is 89.5 Å². The van der Waals surface area contributed by atoms with Crippen molar-refractivity contribution in [2.45, 2.75) is 13.8 Å². The van der Waals surface area contributed by atoms with Crippen LogP contribution in [0.3, 0.4) is 0 Å². The van der Waals surface area contributed by atoms with E-state index in [9.17, 15) is 4.79 Å². The van der Waals surface area contributed by atoms with Crippen molar-refractivity contribution < 1.29 is 9.53 Å². The molecule has 0 aromatic heterocycles. The van der Waals surface area contributed by atoms with Gasteiger partial charge in [0.2, 0.25) is 0 Å². The Bertz CT molecular complexity index is 818. The average molecular weight is 302 g/mol. The maximum atomic E-state index is 12.2. The third-order valence-corrected chi connectivity index (χ3v) is 3.92. The molecule has 114 valence electrons. The number of carbonyl (C=O) groups is 1. The van der Waals surface area contributed by atoms with Crippen molar-refractivity contribution >= 4 is 5.97 Å². The summed E-state index contributed by atoms with van der Waals surface area (Å²) in [5.74, 6) is 0.234. The highest BCUT2D eigenvalue weighted by molar-refractivity contribution is 5.91. The summed E-state index contributed by atoms with van der Waals surface area (Å²) >= 11 is 0. The van der Waals surface area contributed by atoms with Crippen molar-refractivity contribution in [2.24, 2.45) is 0 Å². The Labute approximate surface area is 136 Å². The topological polar surface area (TPSA) is 26.3 Å². The Morgan fingerprint density at radius 3 is 2.04 bits per heavy atom. The molecule has 3 aromatic carbocycles. The van der Waals surface area contributed by atoms with Crippen LogP contribution in [0.1, 0.15) is 21.5 Å². The smallest absolute Gasteiger partial charge is 0.343 e. The molecule has 23 heavy (non-hydrogen) atoms. The van der Waals surface area contributed by atoms with E-state index in [1.807, 2.05) is 74.5 Å². The van der Waals surface area contributed by atoms with Crippen molar-refractivity contribution in [3.8, 4) is 16.9 Å². The molecule has 2 nitrogen and oxygen atoms in total. The molecule has 0 heterocycles. The van der Waals surface area contributed by atoms with E-state index in [1.54, 1.807) is 12.1 Å². The van der Waals surface area contributed by atoms with Crippen LogP contribution in [0.25, 0.3) is 11.1 Å². The lowest BCUT2D eigenvalue weighted by molar-refractivity contribution is 0.0734. The monoisotopic (exact) mass is 302 g/mol. The van der Waals surface area contributed by atoms with E-state index >= 15 is 0 Å². The van der Waals surface area contributed by atoms with E-state index in [1.165, 1.54) is 5.56 Å². The number of hydrogen-bond donors (Lipinski definition) is 0. The molecule has 0 spiro atoms. The lowest BCUT2D eigenvalue weighted by Crippen LogP contribution is -2.08. The minimum Gasteiger partial charge on any atom is -0.423 e. The third-order valence-electron chi connectivity index (χ3n) is 3.92. The lowest BCUT2D eigenvalue weighted by atomic mass is 10.0. The highest BCUT2D eigenvalue weighted by Gasteiger charge is 2.09. The zero-order valence-corrected chi connectivity index (χ0v) is 13.2. The molecule has 0 atom stereocenters. The van der Waals surface area contributed by atoms with E-state index in [4.69, 9.17) is 4.74 Å². The van der Waals surface area contributed by atoms with Gasteiger partial charge in [-0.2, -0.15) is 0 Å². The zero-order valence-electron chi connectivity index (χ0n) is 13.2. The second kappa shape index (κ2) is 6.49. The van der Waals surface area contributed by atoms with Crippen LogP contribution in [0.2, 0.25) is 0 Å². The van der Waals surface area contributed by atoms with Gasteiger partial charge in [0.15, 0.2) is 0 Å². The summed E-state index contributed by atoms with van der Waals surface area (Å²) in [6.45, 7) is 4.03. The number of aryl methyl sites for hydroxylation is 2. The first-order valence-corrected chi connectivity index (χ1v) is 7.58. The van der Waals surface area contributed by atoms with Gasteiger partial charge in [0.05, 0.1) is 5.56 Å². The van der Waals surface area contributed by atoms with Crippen LogP contribution in [0.15, 0.2) is 72.8 Å². The molecule has 0 aliphatic carbocycles. The molecule has 3 aromatic rings. The molecular formula is C21H18O2. The Balaban J connectivity index is 1.76. The Morgan fingerprint density at radius 1 is 0.739 bits per heavy atom. The predicted octanol–water partition coefficient (Wildman–Crippen LogP) is 5.19. The first kappa shape index (κ1) is 15.0. The van der Waals surface area contributed by atoms with Gasteiger partial charge in [-0.1, -0.05) is 48.5 Å². The van der Waals surface area contributed by atoms with Gasteiger partial charge in [-0.05, 0) is 60.4 Å². The fourth-order valence-corrected chi connectivity index (χ4v) is 2.37. The van der Waals surface area contributed by atoms with Crippen molar-refractivity contribution in [1.82, 2.24) is 0 Å². The van der Waals surface area contributed by atoms with Crippen LogP contribution in [0.5, 0.6) is 5.75 Å². The standard InChI is InChI=1S/C21H18O2/c1-15-8-13-20(14-16(15)2)23-21(22)19-11-9-18(10-12-19)17-6-4-3-5-7-17/h3-14H,1-2H3. The largest absolute Gasteiger partial charge is 0.423 e. The van der Waals surface area contributed by atoms with Gasteiger partial charge >= 0.3 is 5.97 Å². The van der Waals surface area contributed by atoms with Crippen LogP contribution in [0, 0.1) is 13.8 Å². The van der Waals surface area contributed by atoms with E-state index in [0.29, 0.717) is 11.3 Å². The normalized spacial score (nSPS) is 10.3. The molecular weight excluding hydrogens is 284 g/mol. The molecule has 0 amide bonds. The van der Waals surface area contributed by atoms with Gasteiger partial charge in [0.25, 0.3) is 0 Å². The summed E-state index contributed by atoms with van der Waals surface area (Å²) in [6.07, 6.45) is 0. The molecule has 0 bridgehead atoms. The SMILES string of the molecule is Cc1ccc(OC(=O)c2ccc(-c3ccccc3)cc2)cc1C. The lowest BCUT2D eigenvalue weighted by Gasteiger charge is -2.07.